The molecule has 0 radical (unpaired) electrons. The minimum Gasteiger partial charge on any atom is -0.294 e. The van der Waals surface area contributed by atoms with Gasteiger partial charge in [0.1, 0.15) is 0 Å². The molecule has 1 atom stereocenters. The summed E-state index contributed by atoms with van der Waals surface area (Å²) in [7, 11) is 0. The first-order chi connectivity index (χ1) is 6.20. The Kier molecular flexibility index (Phi) is 4.46. The molecule has 0 aromatic heterocycles. The van der Waals surface area contributed by atoms with Crippen molar-refractivity contribution in [3.8, 4) is 0 Å². The monoisotopic (exact) mass is 260 g/mol. The molecule has 0 saturated heterocycles. The number of Topliss-reactive ketones (excluding diaryl/α,β-unsaturated/α-hetero) is 1. The van der Waals surface area contributed by atoms with Crippen LogP contribution in [0.3, 0.4) is 0 Å². The number of benzene rings is 1. The Balaban J connectivity index is 2.50. The van der Waals surface area contributed by atoms with Crippen LogP contribution in [0, 0.1) is 0 Å². The predicted molar refractivity (Wildman–Crippen MR) is 58.6 cm³/mol. The second-order valence-corrected chi connectivity index (χ2v) is 4.88. The minimum absolute atomic E-state index is 0.111. The van der Waals surface area contributed by atoms with Crippen LogP contribution in [-0.2, 0) is 0 Å². The maximum Gasteiger partial charge on any atom is 0.162 e. The van der Waals surface area contributed by atoms with E-state index in [2.05, 4.69) is 15.9 Å². The van der Waals surface area contributed by atoms with Crippen LogP contribution >= 0.6 is 27.5 Å². The number of carbonyl (C=O) groups excluding carboxylic acids is 1. The highest BCUT2D eigenvalue weighted by atomic mass is 79.9. The lowest BCUT2D eigenvalue weighted by molar-refractivity contribution is 0.0981. The molecule has 3 heteroatoms. The highest BCUT2D eigenvalue weighted by Crippen LogP contribution is 2.14. The lowest BCUT2D eigenvalue weighted by atomic mass is 10.1. The molecule has 0 N–H and O–H groups in total. The molecule has 0 spiro atoms. The fraction of sp³-hybridized carbons (Fsp3) is 0.300. The maximum absolute atomic E-state index is 11.5. The van der Waals surface area contributed by atoms with Crippen molar-refractivity contribution in [2.75, 3.05) is 0 Å². The summed E-state index contributed by atoms with van der Waals surface area (Å²) in [6.45, 7) is 0. The molecule has 0 saturated carbocycles. The summed E-state index contributed by atoms with van der Waals surface area (Å²) in [6, 6.07) is 9.25. The molecular formula is C10H10BrClO. The van der Waals surface area contributed by atoms with Gasteiger partial charge in [0.05, 0.1) is 4.29 Å². The number of ketones is 1. The zero-order valence-electron chi connectivity index (χ0n) is 7.04. The molecule has 70 valence electrons. The average molecular weight is 262 g/mol. The highest BCUT2D eigenvalue weighted by molar-refractivity contribution is 9.10. The molecule has 0 heterocycles. The van der Waals surface area contributed by atoms with Gasteiger partial charge in [-0.1, -0.05) is 46.3 Å². The van der Waals surface area contributed by atoms with Crippen molar-refractivity contribution in [1.29, 1.82) is 0 Å². The lowest BCUT2D eigenvalue weighted by Gasteiger charge is -2.00. The van der Waals surface area contributed by atoms with Gasteiger partial charge in [-0.15, -0.1) is 11.6 Å². The lowest BCUT2D eigenvalue weighted by Crippen LogP contribution is -2.00. The molecule has 0 amide bonds. The zero-order chi connectivity index (χ0) is 9.68. The first kappa shape index (κ1) is 10.7. The number of halogens is 2. The standard InChI is InChI=1S/C10H10BrClO/c11-10(12)7-6-9(13)8-4-2-1-3-5-8/h1-5,10H,6-7H2. The summed E-state index contributed by atoms with van der Waals surface area (Å²) in [5, 5.41) is 0. The molecule has 13 heavy (non-hydrogen) atoms. The molecule has 0 bridgehead atoms. The van der Waals surface area contributed by atoms with Gasteiger partial charge in [-0.05, 0) is 6.42 Å². The average Bonchev–Trinajstić information content (AvgIpc) is 2.15. The molecule has 1 nitrogen and oxygen atoms in total. The summed E-state index contributed by atoms with van der Waals surface area (Å²) in [5.41, 5.74) is 0.757. The largest absolute Gasteiger partial charge is 0.294 e. The summed E-state index contributed by atoms with van der Waals surface area (Å²) in [5.74, 6) is 0.144. The second kappa shape index (κ2) is 5.40. The smallest absolute Gasteiger partial charge is 0.162 e. The van der Waals surface area contributed by atoms with Crippen molar-refractivity contribution < 1.29 is 4.79 Å². The number of hydrogen-bond acceptors (Lipinski definition) is 1. The molecule has 0 aliphatic rings. The Hall–Kier alpha value is -0.340. The van der Waals surface area contributed by atoms with E-state index < -0.39 is 0 Å². The molecule has 1 unspecified atom stereocenters. The Morgan fingerprint density at radius 1 is 1.38 bits per heavy atom. The van der Waals surface area contributed by atoms with Crippen LogP contribution in [0.25, 0.3) is 0 Å². The fourth-order valence-corrected chi connectivity index (χ4v) is 1.35. The Bertz CT molecular complexity index is 272. The summed E-state index contributed by atoms with van der Waals surface area (Å²) >= 11 is 8.86. The third-order valence-corrected chi connectivity index (χ3v) is 2.36. The van der Waals surface area contributed by atoms with Crippen molar-refractivity contribution in [2.45, 2.75) is 17.1 Å². The van der Waals surface area contributed by atoms with Crippen LogP contribution in [0.4, 0.5) is 0 Å². The zero-order valence-corrected chi connectivity index (χ0v) is 9.38. The molecular weight excluding hydrogens is 251 g/mol. The van der Waals surface area contributed by atoms with Gasteiger partial charge in [-0.3, -0.25) is 4.79 Å². The minimum atomic E-state index is -0.111. The topological polar surface area (TPSA) is 17.1 Å². The van der Waals surface area contributed by atoms with Gasteiger partial charge in [0.15, 0.2) is 5.78 Å². The van der Waals surface area contributed by atoms with Gasteiger partial charge in [0.2, 0.25) is 0 Å². The van der Waals surface area contributed by atoms with Crippen LogP contribution < -0.4 is 0 Å². The first-order valence-corrected chi connectivity index (χ1v) is 5.42. The van der Waals surface area contributed by atoms with E-state index in [1.54, 1.807) is 0 Å². The van der Waals surface area contributed by atoms with Crippen LogP contribution in [0.5, 0.6) is 0 Å². The summed E-state index contributed by atoms with van der Waals surface area (Å²) in [6.07, 6.45) is 1.15. The van der Waals surface area contributed by atoms with Crippen LogP contribution in [0.2, 0.25) is 0 Å². The number of rotatable bonds is 4. The van der Waals surface area contributed by atoms with Gasteiger partial charge >= 0.3 is 0 Å². The maximum atomic E-state index is 11.5. The summed E-state index contributed by atoms with van der Waals surface area (Å²) in [4.78, 5) is 11.5. The van der Waals surface area contributed by atoms with Gasteiger partial charge in [0, 0.05) is 12.0 Å². The second-order valence-electron chi connectivity index (χ2n) is 2.72. The van der Waals surface area contributed by atoms with Crippen LogP contribution in [-0.4, -0.2) is 10.1 Å². The van der Waals surface area contributed by atoms with Gasteiger partial charge in [0.25, 0.3) is 0 Å². The van der Waals surface area contributed by atoms with Gasteiger partial charge in [-0.25, -0.2) is 0 Å². The van der Waals surface area contributed by atoms with E-state index in [-0.39, 0.29) is 10.1 Å². The van der Waals surface area contributed by atoms with Crippen molar-refractivity contribution >= 4 is 33.3 Å². The third kappa shape index (κ3) is 3.92. The number of alkyl halides is 2. The summed E-state index contributed by atoms with van der Waals surface area (Å²) < 4.78 is -0.111. The Morgan fingerprint density at radius 3 is 2.54 bits per heavy atom. The normalized spacial score (nSPS) is 12.5. The molecule has 1 aromatic rings. The quantitative estimate of drug-likeness (QED) is 0.598. The molecule has 1 aromatic carbocycles. The molecule has 0 fully saturated rings. The fourth-order valence-electron chi connectivity index (χ4n) is 1.01. The van der Waals surface area contributed by atoms with E-state index in [0.29, 0.717) is 12.8 Å². The number of carbonyl (C=O) groups is 1. The van der Waals surface area contributed by atoms with Crippen molar-refractivity contribution in [3.63, 3.8) is 0 Å². The van der Waals surface area contributed by atoms with E-state index in [1.807, 2.05) is 30.3 Å². The molecule has 0 aliphatic carbocycles. The van der Waals surface area contributed by atoms with Crippen LogP contribution in [0.15, 0.2) is 30.3 Å². The SMILES string of the molecule is O=C(CCC(Cl)Br)c1ccccc1. The van der Waals surface area contributed by atoms with E-state index in [4.69, 9.17) is 11.6 Å². The van der Waals surface area contributed by atoms with Gasteiger partial charge in [-0.2, -0.15) is 0 Å². The number of hydrogen-bond donors (Lipinski definition) is 0. The van der Waals surface area contributed by atoms with E-state index >= 15 is 0 Å². The third-order valence-electron chi connectivity index (χ3n) is 1.69. The van der Waals surface area contributed by atoms with E-state index in [0.717, 1.165) is 5.56 Å². The van der Waals surface area contributed by atoms with Crippen molar-refractivity contribution in [3.05, 3.63) is 35.9 Å². The van der Waals surface area contributed by atoms with Crippen LogP contribution in [0.1, 0.15) is 23.2 Å². The first-order valence-electron chi connectivity index (χ1n) is 4.06. The Morgan fingerprint density at radius 2 is 2.00 bits per heavy atom. The van der Waals surface area contributed by atoms with Gasteiger partial charge < -0.3 is 0 Å². The predicted octanol–water partition coefficient (Wildman–Crippen LogP) is 3.61. The van der Waals surface area contributed by atoms with Crippen molar-refractivity contribution in [1.82, 2.24) is 0 Å². The van der Waals surface area contributed by atoms with E-state index in [1.165, 1.54) is 0 Å². The Labute approximate surface area is 91.2 Å². The highest BCUT2D eigenvalue weighted by Gasteiger charge is 2.06. The van der Waals surface area contributed by atoms with E-state index in [9.17, 15) is 4.79 Å². The molecule has 0 aliphatic heterocycles. The van der Waals surface area contributed by atoms with Crippen molar-refractivity contribution in [2.24, 2.45) is 0 Å². The molecule has 1 rings (SSSR count).